The number of rotatable bonds is 11. The van der Waals surface area contributed by atoms with E-state index >= 15 is 0 Å². The van der Waals surface area contributed by atoms with Crippen LogP contribution in [0.4, 0.5) is 0 Å². The molecule has 0 aliphatic heterocycles. The Morgan fingerprint density at radius 3 is 1.41 bits per heavy atom. The average molecular weight is 473 g/mol. The molecule has 0 aliphatic carbocycles. The Labute approximate surface area is 199 Å². The molecule has 0 radical (unpaired) electrons. The summed E-state index contributed by atoms with van der Waals surface area (Å²) in [5, 5.41) is 26.3. The molecule has 0 heterocycles. The number of hydrogen-bond acceptors (Lipinski definition) is 5. The number of hydrogen-bond donors (Lipinski definition) is 3. The quantitative estimate of drug-likeness (QED) is 0.277. The summed E-state index contributed by atoms with van der Waals surface area (Å²) in [4.78, 5) is 44.6. The summed E-state index contributed by atoms with van der Waals surface area (Å²) < 4.78 is 5.76. The predicted molar refractivity (Wildman–Crippen MR) is 127 cm³/mol. The van der Waals surface area contributed by atoms with Crippen LogP contribution in [0.25, 0.3) is 0 Å². The molecule has 8 heteroatoms. The van der Waals surface area contributed by atoms with Crippen LogP contribution in [0, 0.1) is 0 Å². The molecular formula is C26H32O8. The smallest absolute Gasteiger partial charge is 0.339 e. The second-order valence-electron chi connectivity index (χ2n) is 7.74. The van der Waals surface area contributed by atoms with Crippen LogP contribution in [0.5, 0.6) is 0 Å². The fourth-order valence-corrected chi connectivity index (χ4v) is 3.45. The van der Waals surface area contributed by atoms with Gasteiger partial charge >= 0.3 is 23.9 Å². The van der Waals surface area contributed by atoms with Crippen molar-refractivity contribution in [2.45, 2.75) is 64.9 Å². The minimum Gasteiger partial charge on any atom is -0.478 e. The summed E-state index contributed by atoms with van der Waals surface area (Å²) in [7, 11) is 0. The zero-order valence-corrected chi connectivity index (χ0v) is 19.7. The van der Waals surface area contributed by atoms with E-state index in [1.807, 2.05) is 13.8 Å². The van der Waals surface area contributed by atoms with Gasteiger partial charge in [-0.25, -0.2) is 19.2 Å². The van der Waals surface area contributed by atoms with Crippen LogP contribution in [0.3, 0.4) is 0 Å². The summed E-state index contributed by atoms with van der Waals surface area (Å²) >= 11 is 0. The summed E-state index contributed by atoms with van der Waals surface area (Å²) in [5.74, 6) is -4.11. The fourth-order valence-electron chi connectivity index (χ4n) is 3.45. The molecule has 2 rings (SSSR count). The van der Waals surface area contributed by atoms with Crippen molar-refractivity contribution in [2.75, 3.05) is 0 Å². The van der Waals surface area contributed by atoms with E-state index in [9.17, 15) is 24.3 Å². The van der Waals surface area contributed by atoms with Crippen molar-refractivity contribution in [1.29, 1.82) is 0 Å². The molecule has 0 amide bonds. The number of unbranched alkanes of at least 4 members (excludes halogenated alkanes) is 2. The van der Waals surface area contributed by atoms with Crippen molar-refractivity contribution >= 4 is 23.9 Å². The normalized spacial score (nSPS) is 10.6. The van der Waals surface area contributed by atoms with E-state index in [-0.39, 0.29) is 22.3 Å². The lowest BCUT2D eigenvalue weighted by Crippen LogP contribution is -2.34. The number of ether oxygens (including phenoxy) is 1. The molecule has 0 bridgehead atoms. The van der Waals surface area contributed by atoms with E-state index in [0.29, 0.717) is 0 Å². The third-order valence-corrected chi connectivity index (χ3v) is 5.60. The Balaban J connectivity index is 0.000000404. The minimum atomic E-state index is -1.23. The molecule has 34 heavy (non-hydrogen) atoms. The van der Waals surface area contributed by atoms with Crippen LogP contribution in [-0.2, 0) is 4.74 Å². The molecule has 0 fully saturated rings. The zero-order chi connectivity index (χ0) is 25.7. The third kappa shape index (κ3) is 8.03. The highest BCUT2D eigenvalue weighted by atomic mass is 16.6. The number of carbonyl (C=O) groups excluding carboxylic acids is 1. The molecule has 0 saturated carbocycles. The Morgan fingerprint density at radius 2 is 1.06 bits per heavy atom. The molecule has 2 aromatic carbocycles. The van der Waals surface area contributed by atoms with Crippen LogP contribution in [0.2, 0.25) is 0 Å². The number of carbonyl (C=O) groups is 4. The van der Waals surface area contributed by atoms with Crippen LogP contribution < -0.4 is 0 Å². The molecule has 0 unspecified atom stereocenters. The Kier molecular flexibility index (Phi) is 11.5. The summed E-state index contributed by atoms with van der Waals surface area (Å²) in [6.07, 6.45) is 5.49. The van der Waals surface area contributed by atoms with Crippen LogP contribution >= 0.6 is 0 Å². The van der Waals surface area contributed by atoms with Gasteiger partial charge in [-0.2, -0.15) is 0 Å². The van der Waals surface area contributed by atoms with Gasteiger partial charge in [-0.3, -0.25) is 0 Å². The number of benzene rings is 2. The van der Waals surface area contributed by atoms with Crippen LogP contribution in [0.15, 0.2) is 48.5 Å². The maximum Gasteiger partial charge on any atom is 0.339 e. The highest BCUT2D eigenvalue weighted by Crippen LogP contribution is 2.29. The second kappa shape index (κ2) is 13.8. The molecule has 0 aromatic heterocycles. The molecule has 8 nitrogen and oxygen atoms in total. The first-order valence-electron chi connectivity index (χ1n) is 11.2. The van der Waals surface area contributed by atoms with Gasteiger partial charge < -0.3 is 20.1 Å². The lowest BCUT2D eigenvalue weighted by atomic mass is 9.90. The monoisotopic (exact) mass is 472 g/mol. The van der Waals surface area contributed by atoms with E-state index in [1.165, 1.54) is 36.4 Å². The van der Waals surface area contributed by atoms with Gasteiger partial charge in [0.05, 0.1) is 22.3 Å². The number of carboxylic acid groups (broad SMARTS) is 3. The molecule has 0 saturated heterocycles. The van der Waals surface area contributed by atoms with Gasteiger partial charge in [-0.15, -0.1) is 0 Å². The third-order valence-electron chi connectivity index (χ3n) is 5.60. The number of carboxylic acids is 3. The number of aromatic carboxylic acids is 3. The minimum absolute atomic E-state index is 0.0119. The molecule has 0 atom stereocenters. The van der Waals surface area contributed by atoms with E-state index < -0.39 is 29.5 Å². The lowest BCUT2D eigenvalue weighted by molar-refractivity contribution is -0.0287. The van der Waals surface area contributed by atoms with Gasteiger partial charge in [0.15, 0.2) is 0 Å². The van der Waals surface area contributed by atoms with Gasteiger partial charge in [0, 0.05) is 0 Å². The highest BCUT2D eigenvalue weighted by Gasteiger charge is 2.31. The van der Waals surface area contributed by atoms with Crippen molar-refractivity contribution in [3.05, 3.63) is 70.8 Å². The van der Waals surface area contributed by atoms with E-state index in [1.54, 1.807) is 12.1 Å². The molecular weight excluding hydrogens is 440 g/mol. The van der Waals surface area contributed by atoms with Crippen LogP contribution in [-0.4, -0.2) is 44.8 Å². The summed E-state index contributed by atoms with van der Waals surface area (Å²) in [6, 6.07) is 11.7. The second-order valence-corrected chi connectivity index (χ2v) is 7.74. The van der Waals surface area contributed by atoms with Gasteiger partial charge in [-0.05, 0) is 49.9 Å². The topological polar surface area (TPSA) is 138 Å². The van der Waals surface area contributed by atoms with E-state index in [2.05, 4.69) is 6.92 Å². The summed E-state index contributed by atoms with van der Waals surface area (Å²) in [6.45, 7) is 6.15. The molecule has 2 aromatic rings. The van der Waals surface area contributed by atoms with E-state index in [4.69, 9.17) is 14.9 Å². The predicted octanol–water partition coefficient (Wildman–Crippen LogP) is 5.76. The first-order valence-corrected chi connectivity index (χ1v) is 11.2. The Morgan fingerprint density at radius 1 is 0.676 bits per heavy atom. The molecule has 3 N–H and O–H groups in total. The van der Waals surface area contributed by atoms with Gasteiger partial charge in [0.1, 0.15) is 5.60 Å². The van der Waals surface area contributed by atoms with Gasteiger partial charge in [-0.1, -0.05) is 57.9 Å². The molecule has 0 aliphatic rings. The fraction of sp³-hybridized carbons (Fsp3) is 0.385. The first kappa shape index (κ1) is 28.4. The van der Waals surface area contributed by atoms with E-state index in [0.717, 1.165) is 38.5 Å². The van der Waals surface area contributed by atoms with Crippen molar-refractivity contribution in [1.82, 2.24) is 0 Å². The highest BCUT2D eigenvalue weighted by molar-refractivity contribution is 6.02. The SMILES string of the molecule is CCCCCC(CC)(CC)OC(=O)c1ccccc1C(=O)O.O=C(O)c1ccccc1C(=O)O. The number of esters is 1. The van der Waals surface area contributed by atoms with Crippen molar-refractivity contribution in [3.63, 3.8) is 0 Å². The van der Waals surface area contributed by atoms with Crippen molar-refractivity contribution < 1.29 is 39.2 Å². The molecule has 0 spiro atoms. The Bertz CT molecular complexity index is 959. The average Bonchev–Trinajstić information content (AvgIpc) is 2.83. The van der Waals surface area contributed by atoms with Crippen molar-refractivity contribution in [2.24, 2.45) is 0 Å². The Hall–Kier alpha value is -3.68. The zero-order valence-electron chi connectivity index (χ0n) is 19.7. The van der Waals surface area contributed by atoms with Gasteiger partial charge in [0.2, 0.25) is 0 Å². The maximum atomic E-state index is 12.5. The van der Waals surface area contributed by atoms with Crippen LogP contribution in [0.1, 0.15) is 101 Å². The standard InChI is InChI=1S/C18H26O4.C8H6O4/c1-4-7-10-13-18(5-2,6-3)22-17(21)15-12-9-8-11-14(15)16(19)20;9-7(10)5-3-1-2-4-6(5)8(11)12/h8-9,11-12H,4-7,10,13H2,1-3H3,(H,19,20);1-4H,(H,9,10)(H,11,12). The lowest BCUT2D eigenvalue weighted by Gasteiger charge is -2.32. The van der Waals surface area contributed by atoms with Crippen molar-refractivity contribution in [3.8, 4) is 0 Å². The summed E-state index contributed by atoms with van der Waals surface area (Å²) in [5.41, 5.74) is -0.772. The maximum absolute atomic E-state index is 12.5. The first-order chi connectivity index (χ1) is 16.1. The largest absolute Gasteiger partial charge is 0.478 e. The molecule has 184 valence electrons. The van der Waals surface area contributed by atoms with Gasteiger partial charge in [0.25, 0.3) is 0 Å².